The number of carbonyl (C=O) groups excluding carboxylic acids is 1. The smallest absolute Gasteiger partial charge is 0.251 e. The molecule has 0 bridgehead atoms. The summed E-state index contributed by atoms with van der Waals surface area (Å²) in [6, 6.07) is 3.16. The first-order chi connectivity index (χ1) is 7.59. The molecule has 88 valence electrons. The summed E-state index contributed by atoms with van der Waals surface area (Å²) < 4.78 is 5.30. The van der Waals surface area contributed by atoms with Crippen molar-refractivity contribution in [2.75, 3.05) is 18.9 Å². The van der Waals surface area contributed by atoms with E-state index in [0.717, 1.165) is 0 Å². The Balaban J connectivity index is 2.35. The predicted molar refractivity (Wildman–Crippen MR) is 62.1 cm³/mol. The highest BCUT2D eigenvalue weighted by atomic mass is 16.5. The Morgan fingerprint density at radius 2 is 2.38 bits per heavy atom. The van der Waals surface area contributed by atoms with Crippen molar-refractivity contribution < 1.29 is 9.53 Å². The zero-order chi connectivity index (χ0) is 12.0. The van der Waals surface area contributed by atoms with E-state index in [1.807, 2.05) is 13.8 Å². The van der Waals surface area contributed by atoms with Gasteiger partial charge < -0.3 is 15.8 Å². The molecule has 0 aliphatic carbocycles. The lowest BCUT2D eigenvalue weighted by Crippen LogP contribution is -2.28. The average Bonchev–Trinajstić information content (AvgIpc) is 2.24. The summed E-state index contributed by atoms with van der Waals surface area (Å²) >= 11 is 0. The molecule has 1 heterocycles. The van der Waals surface area contributed by atoms with Gasteiger partial charge in [0.2, 0.25) is 0 Å². The predicted octanol–water partition coefficient (Wildman–Crippen LogP) is 0.819. The van der Waals surface area contributed by atoms with Crippen molar-refractivity contribution >= 4 is 11.7 Å². The number of aromatic nitrogens is 1. The van der Waals surface area contributed by atoms with E-state index in [9.17, 15) is 4.79 Å². The maximum absolute atomic E-state index is 11.6. The fourth-order valence-corrected chi connectivity index (χ4v) is 1.15. The molecule has 5 nitrogen and oxygen atoms in total. The van der Waals surface area contributed by atoms with Crippen molar-refractivity contribution in [2.45, 2.75) is 20.0 Å². The summed E-state index contributed by atoms with van der Waals surface area (Å²) in [5, 5.41) is 2.73. The van der Waals surface area contributed by atoms with Crippen LogP contribution in [-0.2, 0) is 4.74 Å². The molecule has 0 saturated carbocycles. The third kappa shape index (κ3) is 4.27. The van der Waals surface area contributed by atoms with Gasteiger partial charge in [0.05, 0.1) is 12.7 Å². The molecule has 0 unspecified atom stereocenters. The molecule has 1 aromatic heterocycles. The van der Waals surface area contributed by atoms with Gasteiger partial charge in [-0.3, -0.25) is 4.79 Å². The molecule has 0 saturated heterocycles. The van der Waals surface area contributed by atoms with Crippen LogP contribution in [0.1, 0.15) is 24.2 Å². The van der Waals surface area contributed by atoms with Gasteiger partial charge >= 0.3 is 0 Å². The van der Waals surface area contributed by atoms with Crippen LogP contribution in [0.15, 0.2) is 18.3 Å². The molecule has 0 aliphatic heterocycles. The highest BCUT2D eigenvalue weighted by Gasteiger charge is 2.05. The Morgan fingerprint density at radius 3 is 3.00 bits per heavy atom. The fourth-order valence-electron chi connectivity index (χ4n) is 1.15. The number of rotatable bonds is 5. The van der Waals surface area contributed by atoms with Crippen molar-refractivity contribution in [3.63, 3.8) is 0 Å². The minimum Gasteiger partial charge on any atom is -0.384 e. The second kappa shape index (κ2) is 6.07. The first-order valence-corrected chi connectivity index (χ1v) is 5.21. The lowest BCUT2D eigenvalue weighted by molar-refractivity contribution is 0.0746. The Kier molecular flexibility index (Phi) is 4.72. The Hall–Kier alpha value is -1.62. The molecular formula is C11H17N3O2. The monoisotopic (exact) mass is 223 g/mol. The fraction of sp³-hybridized carbons (Fsp3) is 0.455. The Bertz CT molecular complexity index is 353. The van der Waals surface area contributed by atoms with Gasteiger partial charge in [-0.05, 0) is 26.0 Å². The number of hydrogen-bond donors (Lipinski definition) is 2. The quantitative estimate of drug-likeness (QED) is 0.724. The van der Waals surface area contributed by atoms with Gasteiger partial charge in [-0.2, -0.15) is 0 Å². The van der Waals surface area contributed by atoms with Gasteiger partial charge in [-0.25, -0.2) is 4.98 Å². The number of pyridine rings is 1. The largest absolute Gasteiger partial charge is 0.384 e. The van der Waals surface area contributed by atoms with Gasteiger partial charge in [0.25, 0.3) is 5.91 Å². The first-order valence-electron chi connectivity index (χ1n) is 5.21. The number of anilines is 1. The SMILES string of the molecule is CC(C)OCCNC(=O)c1ccnc(N)c1. The zero-order valence-corrected chi connectivity index (χ0v) is 9.56. The van der Waals surface area contributed by atoms with Crippen LogP contribution < -0.4 is 11.1 Å². The van der Waals surface area contributed by atoms with Crippen LogP contribution in [0, 0.1) is 0 Å². The number of nitrogens with two attached hydrogens (primary N) is 1. The maximum atomic E-state index is 11.6. The van der Waals surface area contributed by atoms with E-state index in [4.69, 9.17) is 10.5 Å². The minimum atomic E-state index is -0.165. The normalized spacial score (nSPS) is 10.4. The second-order valence-corrected chi connectivity index (χ2v) is 3.64. The van der Waals surface area contributed by atoms with Crippen molar-refractivity contribution in [2.24, 2.45) is 0 Å². The standard InChI is InChI=1S/C11H17N3O2/c1-8(2)16-6-5-14-11(15)9-3-4-13-10(12)7-9/h3-4,7-8H,5-6H2,1-2H3,(H2,12,13)(H,14,15). The van der Waals surface area contributed by atoms with Crippen molar-refractivity contribution in [1.82, 2.24) is 10.3 Å². The van der Waals surface area contributed by atoms with Crippen LogP contribution in [0.5, 0.6) is 0 Å². The molecule has 1 amide bonds. The second-order valence-electron chi connectivity index (χ2n) is 3.64. The van der Waals surface area contributed by atoms with E-state index >= 15 is 0 Å². The number of carbonyl (C=O) groups is 1. The average molecular weight is 223 g/mol. The molecule has 0 atom stereocenters. The number of amides is 1. The van der Waals surface area contributed by atoms with E-state index < -0.39 is 0 Å². The van der Waals surface area contributed by atoms with Crippen LogP contribution in [0.2, 0.25) is 0 Å². The third-order valence-corrected chi connectivity index (χ3v) is 1.88. The summed E-state index contributed by atoms with van der Waals surface area (Å²) in [6.45, 7) is 4.89. The van der Waals surface area contributed by atoms with Crippen molar-refractivity contribution in [3.05, 3.63) is 23.9 Å². The molecule has 5 heteroatoms. The highest BCUT2D eigenvalue weighted by Crippen LogP contribution is 2.02. The molecule has 1 rings (SSSR count). The van der Waals surface area contributed by atoms with Crippen LogP contribution in [0.25, 0.3) is 0 Å². The van der Waals surface area contributed by atoms with Crippen LogP contribution in [0.4, 0.5) is 5.82 Å². The van der Waals surface area contributed by atoms with E-state index in [2.05, 4.69) is 10.3 Å². The molecule has 3 N–H and O–H groups in total. The number of nitrogens with one attached hydrogen (secondary N) is 1. The Morgan fingerprint density at radius 1 is 1.62 bits per heavy atom. The molecule has 0 fully saturated rings. The van der Waals surface area contributed by atoms with Gasteiger partial charge in [-0.15, -0.1) is 0 Å². The molecule has 16 heavy (non-hydrogen) atoms. The molecule has 0 spiro atoms. The summed E-state index contributed by atoms with van der Waals surface area (Å²) in [7, 11) is 0. The number of hydrogen-bond acceptors (Lipinski definition) is 4. The summed E-state index contributed by atoms with van der Waals surface area (Å²) in [4.78, 5) is 15.4. The van der Waals surface area contributed by atoms with Gasteiger partial charge in [0.15, 0.2) is 0 Å². The maximum Gasteiger partial charge on any atom is 0.251 e. The highest BCUT2D eigenvalue weighted by molar-refractivity contribution is 5.94. The van der Waals surface area contributed by atoms with Crippen LogP contribution >= 0.6 is 0 Å². The van der Waals surface area contributed by atoms with Crippen molar-refractivity contribution in [1.29, 1.82) is 0 Å². The van der Waals surface area contributed by atoms with E-state index in [1.165, 1.54) is 6.20 Å². The number of nitrogens with zero attached hydrogens (tertiary/aromatic N) is 1. The molecule has 0 radical (unpaired) electrons. The van der Waals surface area contributed by atoms with Gasteiger partial charge in [-0.1, -0.05) is 0 Å². The van der Waals surface area contributed by atoms with Crippen LogP contribution in [0.3, 0.4) is 0 Å². The zero-order valence-electron chi connectivity index (χ0n) is 9.56. The van der Waals surface area contributed by atoms with Crippen molar-refractivity contribution in [3.8, 4) is 0 Å². The minimum absolute atomic E-state index is 0.165. The molecule has 0 aromatic carbocycles. The summed E-state index contributed by atoms with van der Waals surface area (Å²) in [5.41, 5.74) is 5.99. The topological polar surface area (TPSA) is 77.2 Å². The van der Waals surface area contributed by atoms with E-state index in [-0.39, 0.29) is 12.0 Å². The Labute approximate surface area is 95.0 Å². The number of ether oxygens (including phenoxy) is 1. The van der Waals surface area contributed by atoms with E-state index in [1.54, 1.807) is 12.1 Å². The molecule has 1 aromatic rings. The summed E-state index contributed by atoms with van der Waals surface area (Å²) in [6.07, 6.45) is 1.68. The number of nitrogen functional groups attached to an aromatic ring is 1. The third-order valence-electron chi connectivity index (χ3n) is 1.88. The van der Waals surface area contributed by atoms with Crippen LogP contribution in [-0.4, -0.2) is 30.1 Å². The lowest BCUT2D eigenvalue weighted by atomic mass is 10.2. The van der Waals surface area contributed by atoms with Gasteiger partial charge in [0, 0.05) is 18.3 Å². The van der Waals surface area contributed by atoms with Gasteiger partial charge in [0.1, 0.15) is 5.82 Å². The lowest BCUT2D eigenvalue weighted by Gasteiger charge is -2.08. The molecule has 0 aliphatic rings. The molecular weight excluding hydrogens is 206 g/mol. The first kappa shape index (κ1) is 12.4. The van der Waals surface area contributed by atoms with E-state index in [0.29, 0.717) is 24.5 Å². The summed E-state index contributed by atoms with van der Waals surface area (Å²) in [5.74, 6) is 0.174.